The van der Waals surface area contributed by atoms with Crippen LogP contribution in [0.5, 0.6) is 0 Å². The fourth-order valence-electron chi connectivity index (χ4n) is 3.07. The van der Waals surface area contributed by atoms with Gasteiger partial charge in [0.05, 0.1) is 0 Å². The average Bonchev–Trinajstić information content (AvgIpc) is 2.28. The van der Waals surface area contributed by atoms with Crippen LogP contribution in [0.1, 0.15) is 34.6 Å². The van der Waals surface area contributed by atoms with Crippen molar-refractivity contribution in [1.29, 1.82) is 0 Å². The van der Waals surface area contributed by atoms with Crippen molar-refractivity contribution in [3.05, 3.63) is 30.3 Å². The molecule has 1 heterocycles. The zero-order valence-corrected chi connectivity index (χ0v) is 12.2. The summed E-state index contributed by atoms with van der Waals surface area (Å²) in [5.41, 5.74) is 0.962. The highest BCUT2D eigenvalue weighted by Gasteiger charge is 2.68. The molecule has 1 N–H and O–H groups in total. The summed E-state index contributed by atoms with van der Waals surface area (Å²) in [6.07, 6.45) is 0. The molecule has 3 heteroatoms. The first-order chi connectivity index (χ1) is 7.73. The second-order valence-corrected chi connectivity index (χ2v) is 9.86. The van der Waals surface area contributed by atoms with Crippen LogP contribution in [0.2, 0.25) is 0 Å². The first-order valence-corrected chi connectivity index (χ1v) is 7.88. The molecule has 1 aromatic carbocycles. The third kappa shape index (κ3) is 1.50. The van der Waals surface area contributed by atoms with E-state index in [0.717, 1.165) is 5.69 Å². The van der Waals surface area contributed by atoms with Crippen LogP contribution in [0.25, 0.3) is 0 Å². The SMILES string of the molecule is CC1C(C)(C)P(=O)(Nc2ccccc2)C1(C)C. The summed E-state index contributed by atoms with van der Waals surface area (Å²) in [5, 5.41) is 3.06. The maximum Gasteiger partial charge on any atom is 0.181 e. The van der Waals surface area contributed by atoms with Crippen molar-refractivity contribution in [3.8, 4) is 0 Å². The first-order valence-electron chi connectivity index (χ1n) is 6.17. The Bertz CT molecular complexity index is 444. The van der Waals surface area contributed by atoms with Gasteiger partial charge in [0.15, 0.2) is 7.29 Å². The van der Waals surface area contributed by atoms with Crippen LogP contribution >= 0.6 is 7.29 Å². The van der Waals surface area contributed by atoms with Crippen molar-refractivity contribution in [2.45, 2.75) is 44.9 Å². The van der Waals surface area contributed by atoms with Crippen molar-refractivity contribution in [3.63, 3.8) is 0 Å². The van der Waals surface area contributed by atoms with Crippen molar-refractivity contribution in [2.75, 3.05) is 5.09 Å². The molecule has 1 aliphatic heterocycles. The Hall–Kier alpha value is -0.750. The molecule has 0 aliphatic carbocycles. The van der Waals surface area contributed by atoms with E-state index in [4.69, 9.17) is 0 Å². The standard InChI is InChI=1S/C14H22NOP/c1-11-13(2,3)17(16,14(11,4)5)15-12-9-7-6-8-10-12/h6-11H,1-5H3,(H,15,16). The van der Waals surface area contributed by atoms with Gasteiger partial charge in [0.1, 0.15) is 0 Å². The zero-order chi connectivity index (χ0) is 12.9. The van der Waals surface area contributed by atoms with E-state index in [0.29, 0.717) is 5.92 Å². The Labute approximate surface area is 104 Å². The number of benzene rings is 1. The predicted molar refractivity (Wildman–Crippen MR) is 75.0 cm³/mol. The molecule has 0 amide bonds. The number of para-hydroxylation sites is 1. The van der Waals surface area contributed by atoms with Gasteiger partial charge in [-0.25, -0.2) is 0 Å². The van der Waals surface area contributed by atoms with Gasteiger partial charge in [0.25, 0.3) is 0 Å². The molecule has 0 saturated carbocycles. The lowest BCUT2D eigenvalue weighted by molar-refractivity contribution is 0.272. The Morgan fingerprint density at radius 2 is 1.53 bits per heavy atom. The van der Waals surface area contributed by atoms with Gasteiger partial charge in [-0.15, -0.1) is 0 Å². The van der Waals surface area contributed by atoms with Gasteiger partial charge in [-0.2, -0.15) is 0 Å². The van der Waals surface area contributed by atoms with Crippen LogP contribution in [0.15, 0.2) is 30.3 Å². The molecule has 0 unspecified atom stereocenters. The van der Waals surface area contributed by atoms with E-state index in [1.165, 1.54) is 0 Å². The summed E-state index contributed by atoms with van der Waals surface area (Å²) < 4.78 is 13.2. The lowest BCUT2D eigenvalue weighted by Gasteiger charge is -2.62. The summed E-state index contributed by atoms with van der Waals surface area (Å²) in [7, 11) is -2.43. The number of nitrogens with one attached hydrogen (secondary N) is 1. The number of hydrogen-bond donors (Lipinski definition) is 1. The zero-order valence-electron chi connectivity index (χ0n) is 11.3. The van der Waals surface area contributed by atoms with Crippen LogP contribution in [-0.4, -0.2) is 10.3 Å². The molecular weight excluding hydrogens is 229 g/mol. The highest BCUT2D eigenvalue weighted by molar-refractivity contribution is 7.70. The average molecular weight is 251 g/mol. The summed E-state index contributed by atoms with van der Waals surface area (Å²) in [6.45, 7) is 10.6. The molecule has 0 spiro atoms. The van der Waals surface area contributed by atoms with E-state index in [1.807, 2.05) is 30.3 Å². The van der Waals surface area contributed by atoms with E-state index in [1.54, 1.807) is 0 Å². The fraction of sp³-hybridized carbons (Fsp3) is 0.571. The van der Waals surface area contributed by atoms with E-state index < -0.39 is 7.29 Å². The molecule has 2 rings (SSSR count). The van der Waals surface area contributed by atoms with Gasteiger partial charge < -0.3 is 5.09 Å². The molecule has 0 atom stereocenters. The molecule has 1 aromatic rings. The molecule has 1 aliphatic rings. The Balaban J connectivity index is 2.35. The van der Waals surface area contributed by atoms with Gasteiger partial charge in [-0.05, 0) is 18.1 Å². The van der Waals surface area contributed by atoms with Gasteiger partial charge in [-0.1, -0.05) is 52.8 Å². The van der Waals surface area contributed by atoms with Crippen molar-refractivity contribution in [1.82, 2.24) is 0 Å². The summed E-state index contributed by atoms with van der Waals surface area (Å²) in [5.74, 6) is 0.456. The highest BCUT2D eigenvalue weighted by Crippen LogP contribution is 2.81. The molecule has 17 heavy (non-hydrogen) atoms. The molecule has 2 nitrogen and oxygen atoms in total. The smallest absolute Gasteiger partial charge is 0.181 e. The summed E-state index contributed by atoms with van der Waals surface area (Å²) in [6, 6.07) is 9.87. The largest absolute Gasteiger partial charge is 0.335 e. The molecular formula is C14H22NOP. The minimum atomic E-state index is -2.43. The number of anilines is 1. The summed E-state index contributed by atoms with van der Waals surface area (Å²) >= 11 is 0. The quantitative estimate of drug-likeness (QED) is 0.779. The fourth-order valence-corrected chi connectivity index (χ4v) is 7.18. The van der Waals surface area contributed by atoms with E-state index in [9.17, 15) is 4.57 Å². The van der Waals surface area contributed by atoms with Crippen LogP contribution in [0, 0.1) is 5.92 Å². The van der Waals surface area contributed by atoms with Gasteiger partial charge >= 0.3 is 0 Å². The topological polar surface area (TPSA) is 29.1 Å². The third-order valence-electron chi connectivity index (χ3n) is 4.80. The first kappa shape index (κ1) is 12.7. The number of hydrogen-bond acceptors (Lipinski definition) is 1. The Morgan fingerprint density at radius 1 is 1.06 bits per heavy atom. The van der Waals surface area contributed by atoms with Crippen molar-refractivity contribution >= 4 is 13.0 Å². The van der Waals surface area contributed by atoms with Crippen molar-refractivity contribution in [2.24, 2.45) is 5.92 Å². The molecule has 0 aromatic heterocycles. The van der Waals surface area contributed by atoms with E-state index in [-0.39, 0.29) is 10.3 Å². The highest BCUT2D eigenvalue weighted by atomic mass is 31.2. The van der Waals surface area contributed by atoms with Crippen molar-refractivity contribution < 1.29 is 4.57 Å². The minimum absolute atomic E-state index is 0.133. The lowest BCUT2D eigenvalue weighted by Crippen LogP contribution is -2.59. The summed E-state index contributed by atoms with van der Waals surface area (Å²) in [4.78, 5) is 0. The lowest BCUT2D eigenvalue weighted by atomic mass is 9.83. The second-order valence-electron chi connectivity index (χ2n) is 6.12. The maximum atomic E-state index is 13.2. The van der Waals surface area contributed by atoms with Crippen LogP contribution < -0.4 is 5.09 Å². The second kappa shape index (κ2) is 3.62. The number of rotatable bonds is 2. The van der Waals surface area contributed by atoms with Crippen LogP contribution in [0.3, 0.4) is 0 Å². The van der Waals surface area contributed by atoms with Gasteiger partial charge in [-0.3, -0.25) is 4.57 Å². The predicted octanol–water partition coefficient (Wildman–Crippen LogP) is 4.58. The maximum absolute atomic E-state index is 13.2. The Kier molecular flexibility index (Phi) is 2.70. The normalized spacial score (nSPS) is 33.8. The van der Waals surface area contributed by atoms with Crippen LogP contribution in [-0.2, 0) is 4.57 Å². The van der Waals surface area contributed by atoms with Gasteiger partial charge in [0, 0.05) is 16.0 Å². The minimum Gasteiger partial charge on any atom is -0.335 e. The van der Waals surface area contributed by atoms with E-state index in [2.05, 4.69) is 39.7 Å². The molecule has 1 saturated heterocycles. The molecule has 0 bridgehead atoms. The third-order valence-corrected chi connectivity index (χ3v) is 9.40. The van der Waals surface area contributed by atoms with Gasteiger partial charge in [0.2, 0.25) is 0 Å². The van der Waals surface area contributed by atoms with Crippen LogP contribution in [0.4, 0.5) is 5.69 Å². The molecule has 1 fully saturated rings. The molecule has 94 valence electrons. The molecule has 0 radical (unpaired) electrons. The Morgan fingerprint density at radius 3 is 2.00 bits per heavy atom. The monoisotopic (exact) mass is 251 g/mol. The van der Waals surface area contributed by atoms with E-state index >= 15 is 0 Å².